The van der Waals surface area contributed by atoms with Gasteiger partial charge in [0.15, 0.2) is 5.82 Å². The fourth-order valence-electron chi connectivity index (χ4n) is 4.94. The van der Waals surface area contributed by atoms with E-state index in [1.165, 1.54) is 28.7 Å². The summed E-state index contributed by atoms with van der Waals surface area (Å²) in [4.78, 5) is 11.5. The highest BCUT2D eigenvalue weighted by atomic mass is 15.1. The summed E-state index contributed by atoms with van der Waals surface area (Å²) in [6.45, 7) is 7.90. The Morgan fingerprint density at radius 2 is 1.64 bits per heavy atom. The predicted octanol–water partition coefficient (Wildman–Crippen LogP) is 6.15. The van der Waals surface area contributed by atoms with Crippen LogP contribution in [0.25, 0.3) is 21.8 Å². The molecule has 4 aromatic rings. The SMILES string of the molecule is Cc1ccc2c(c1)nc(N)c1ncc(CCc3ccc(C(C)CC(C)CN(C)C)cc3)cc12. The average molecular weight is 441 g/mol. The molecule has 0 bridgehead atoms. The van der Waals surface area contributed by atoms with Gasteiger partial charge in [-0.05, 0) is 86.5 Å². The fourth-order valence-corrected chi connectivity index (χ4v) is 4.94. The van der Waals surface area contributed by atoms with Crippen molar-refractivity contribution >= 4 is 27.6 Å². The molecule has 4 rings (SSSR count). The van der Waals surface area contributed by atoms with Crippen molar-refractivity contribution in [3.63, 3.8) is 0 Å². The number of aromatic nitrogens is 2. The molecule has 4 heteroatoms. The lowest BCUT2D eigenvalue weighted by Crippen LogP contribution is -2.20. The number of benzene rings is 2. The van der Waals surface area contributed by atoms with Crippen molar-refractivity contribution in [2.24, 2.45) is 5.92 Å². The smallest absolute Gasteiger partial charge is 0.150 e. The number of aryl methyl sites for hydroxylation is 3. The fraction of sp³-hybridized carbons (Fsp3) is 0.379. The predicted molar refractivity (Wildman–Crippen MR) is 141 cm³/mol. The first-order valence-corrected chi connectivity index (χ1v) is 12.0. The zero-order valence-electron chi connectivity index (χ0n) is 20.6. The number of hydrogen-bond acceptors (Lipinski definition) is 4. The van der Waals surface area contributed by atoms with E-state index >= 15 is 0 Å². The van der Waals surface area contributed by atoms with Crippen molar-refractivity contribution in [1.82, 2.24) is 14.9 Å². The van der Waals surface area contributed by atoms with Gasteiger partial charge in [0.1, 0.15) is 5.52 Å². The second-order valence-corrected chi connectivity index (χ2v) is 10.0. The number of hydrogen-bond donors (Lipinski definition) is 1. The maximum atomic E-state index is 6.20. The van der Waals surface area contributed by atoms with E-state index in [2.05, 4.69) is 98.3 Å². The summed E-state index contributed by atoms with van der Waals surface area (Å²) in [5, 5.41) is 2.20. The molecule has 2 aromatic carbocycles. The van der Waals surface area contributed by atoms with Crippen LogP contribution in [0.5, 0.6) is 0 Å². The number of nitrogens with zero attached hydrogens (tertiary/aromatic N) is 3. The Bertz CT molecular complexity index is 1240. The van der Waals surface area contributed by atoms with Gasteiger partial charge in [-0.15, -0.1) is 0 Å². The molecular weight excluding hydrogens is 404 g/mol. The molecule has 0 aliphatic heterocycles. The summed E-state index contributed by atoms with van der Waals surface area (Å²) in [6.07, 6.45) is 5.11. The highest BCUT2D eigenvalue weighted by Gasteiger charge is 2.12. The number of nitrogens with two attached hydrogens (primary N) is 1. The minimum Gasteiger partial charge on any atom is -0.382 e. The van der Waals surface area contributed by atoms with Crippen LogP contribution in [0.2, 0.25) is 0 Å². The topological polar surface area (TPSA) is 55.0 Å². The maximum Gasteiger partial charge on any atom is 0.150 e. The van der Waals surface area contributed by atoms with Crippen LogP contribution < -0.4 is 5.73 Å². The van der Waals surface area contributed by atoms with E-state index < -0.39 is 0 Å². The van der Waals surface area contributed by atoms with Gasteiger partial charge in [-0.1, -0.05) is 50.2 Å². The standard InChI is InChI=1S/C29H36N4/c1-19-6-13-25-26-16-23(17-31-28(26)29(30)32-27(25)15-19)8-7-22-9-11-24(12-10-22)21(3)14-20(2)18-33(4)5/h6,9-13,15-17,20-21H,7-8,14,18H2,1-5H3,(H2,30,32). The number of rotatable bonds is 8. The normalized spacial score (nSPS) is 13.6. The summed E-state index contributed by atoms with van der Waals surface area (Å²) in [7, 11) is 4.30. The molecule has 0 saturated heterocycles. The summed E-state index contributed by atoms with van der Waals surface area (Å²) in [5.74, 6) is 1.77. The average Bonchev–Trinajstić information content (AvgIpc) is 2.77. The van der Waals surface area contributed by atoms with Crippen molar-refractivity contribution in [3.8, 4) is 0 Å². The molecule has 0 saturated carbocycles. The number of anilines is 1. The molecule has 0 spiro atoms. The van der Waals surface area contributed by atoms with Crippen molar-refractivity contribution in [2.75, 3.05) is 26.4 Å². The van der Waals surface area contributed by atoms with E-state index in [4.69, 9.17) is 5.73 Å². The van der Waals surface area contributed by atoms with Crippen LogP contribution in [0.4, 0.5) is 5.82 Å². The van der Waals surface area contributed by atoms with Gasteiger partial charge in [0.2, 0.25) is 0 Å². The van der Waals surface area contributed by atoms with Gasteiger partial charge in [0, 0.05) is 23.5 Å². The molecule has 33 heavy (non-hydrogen) atoms. The van der Waals surface area contributed by atoms with Crippen LogP contribution in [0, 0.1) is 12.8 Å². The number of fused-ring (bicyclic) bond motifs is 3. The molecular formula is C29H36N4. The third-order valence-electron chi connectivity index (χ3n) is 6.56. The molecule has 2 unspecified atom stereocenters. The van der Waals surface area contributed by atoms with E-state index in [-0.39, 0.29) is 0 Å². The van der Waals surface area contributed by atoms with E-state index in [0.29, 0.717) is 17.7 Å². The zero-order valence-corrected chi connectivity index (χ0v) is 20.6. The minimum atomic E-state index is 0.499. The van der Waals surface area contributed by atoms with E-state index in [0.717, 1.165) is 41.2 Å². The Balaban J connectivity index is 1.46. The Hall–Kier alpha value is -2.98. The summed E-state index contributed by atoms with van der Waals surface area (Å²) in [6, 6.07) is 17.8. The molecule has 0 fully saturated rings. The molecule has 172 valence electrons. The largest absolute Gasteiger partial charge is 0.382 e. The third kappa shape index (κ3) is 5.51. The summed E-state index contributed by atoms with van der Waals surface area (Å²) in [5.41, 5.74) is 13.1. The Kier molecular flexibility index (Phi) is 6.94. The first kappa shape index (κ1) is 23.2. The van der Waals surface area contributed by atoms with Crippen molar-refractivity contribution in [2.45, 2.75) is 46.0 Å². The van der Waals surface area contributed by atoms with Crippen LogP contribution >= 0.6 is 0 Å². The molecule has 2 heterocycles. The lowest BCUT2D eigenvalue weighted by Gasteiger charge is -2.21. The molecule has 0 aliphatic rings. The Labute approximate surface area is 197 Å². The molecule has 4 nitrogen and oxygen atoms in total. The minimum absolute atomic E-state index is 0.499. The first-order chi connectivity index (χ1) is 15.8. The summed E-state index contributed by atoms with van der Waals surface area (Å²) < 4.78 is 0. The van der Waals surface area contributed by atoms with Gasteiger partial charge < -0.3 is 10.6 Å². The second-order valence-electron chi connectivity index (χ2n) is 10.0. The van der Waals surface area contributed by atoms with E-state index in [1.807, 2.05) is 6.20 Å². The first-order valence-electron chi connectivity index (χ1n) is 12.0. The highest BCUT2D eigenvalue weighted by molar-refractivity contribution is 6.08. The molecule has 0 radical (unpaired) electrons. The van der Waals surface area contributed by atoms with Crippen LogP contribution in [-0.4, -0.2) is 35.5 Å². The van der Waals surface area contributed by atoms with Crippen LogP contribution in [0.15, 0.2) is 54.7 Å². The lowest BCUT2D eigenvalue weighted by atomic mass is 9.90. The van der Waals surface area contributed by atoms with Gasteiger partial charge in [-0.3, -0.25) is 4.98 Å². The van der Waals surface area contributed by atoms with Gasteiger partial charge in [-0.25, -0.2) is 4.98 Å². The molecule has 0 amide bonds. The van der Waals surface area contributed by atoms with Crippen molar-refractivity contribution < 1.29 is 0 Å². The molecule has 2 N–H and O–H groups in total. The molecule has 0 aliphatic carbocycles. The highest BCUT2D eigenvalue weighted by Crippen LogP contribution is 2.28. The van der Waals surface area contributed by atoms with Crippen molar-refractivity contribution in [3.05, 3.63) is 77.0 Å². The van der Waals surface area contributed by atoms with Gasteiger partial charge in [0.25, 0.3) is 0 Å². The Morgan fingerprint density at radius 1 is 0.909 bits per heavy atom. The van der Waals surface area contributed by atoms with Crippen LogP contribution in [0.3, 0.4) is 0 Å². The van der Waals surface area contributed by atoms with E-state index in [9.17, 15) is 0 Å². The van der Waals surface area contributed by atoms with Crippen molar-refractivity contribution in [1.29, 1.82) is 0 Å². The maximum absolute atomic E-state index is 6.20. The summed E-state index contributed by atoms with van der Waals surface area (Å²) >= 11 is 0. The van der Waals surface area contributed by atoms with Gasteiger partial charge in [0.05, 0.1) is 5.52 Å². The molecule has 2 atom stereocenters. The monoisotopic (exact) mass is 440 g/mol. The third-order valence-corrected chi connectivity index (χ3v) is 6.56. The Morgan fingerprint density at radius 3 is 2.36 bits per heavy atom. The van der Waals surface area contributed by atoms with Gasteiger partial charge in [-0.2, -0.15) is 0 Å². The van der Waals surface area contributed by atoms with Crippen LogP contribution in [-0.2, 0) is 12.8 Å². The zero-order chi connectivity index (χ0) is 23.5. The second kappa shape index (κ2) is 9.88. The lowest BCUT2D eigenvalue weighted by molar-refractivity contribution is 0.318. The number of pyridine rings is 2. The number of nitrogen functional groups attached to an aromatic ring is 1. The van der Waals surface area contributed by atoms with Gasteiger partial charge >= 0.3 is 0 Å². The molecule has 2 aromatic heterocycles. The van der Waals surface area contributed by atoms with E-state index in [1.54, 1.807) is 0 Å². The quantitative estimate of drug-likeness (QED) is 0.334. The van der Waals surface area contributed by atoms with Crippen LogP contribution in [0.1, 0.15) is 48.4 Å².